The lowest BCUT2D eigenvalue weighted by atomic mass is 9.75. The van der Waals surface area contributed by atoms with Gasteiger partial charge in [-0.05, 0) is 44.4 Å². The molecule has 2 aliphatic carbocycles. The first-order valence-electron chi connectivity index (χ1n) is 7.47. The van der Waals surface area contributed by atoms with Crippen LogP contribution in [-0.2, 0) is 0 Å². The van der Waals surface area contributed by atoms with Crippen LogP contribution in [0, 0.1) is 17.2 Å². The van der Waals surface area contributed by atoms with E-state index in [2.05, 4.69) is 18.3 Å². The van der Waals surface area contributed by atoms with Crippen LogP contribution in [-0.4, -0.2) is 11.6 Å². The fraction of sp³-hybridized carbons (Fsp3) is 0.933. The molecule has 2 heteroatoms. The number of nitrogens with zero attached hydrogens (tertiary/aromatic N) is 1. The second-order valence-electron chi connectivity index (χ2n) is 6.05. The maximum absolute atomic E-state index is 9.51. The number of nitriles is 1. The van der Waals surface area contributed by atoms with Crippen LogP contribution in [0.2, 0.25) is 0 Å². The van der Waals surface area contributed by atoms with Crippen molar-refractivity contribution in [3.8, 4) is 6.07 Å². The minimum atomic E-state index is -0.181. The number of nitrogens with one attached hydrogen (secondary N) is 1. The molecule has 2 fully saturated rings. The van der Waals surface area contributed by atoms with Crippen LogP contribution < -0.4 is 5.32 Å². The third-order valence-corrected chi connectivity index (χ3v) is 4.71. The van der Waals surface area contributed by atoms with Gasteiger partial charge in [0.05, 0.1) is 6.07 Å². The van der Waals surface area contributed by atoms with Gasteiger partial charge in [0.15, 0.2) is 0 Å². The Morgan fingerprint density at radius 3 is 2.35 bits per heavy atom. The second kappa shape index (κ2) is 5.87. The van der Waals surface area contributed by atoms with E-state index in [0.29, 0.717) is 6.04 Å². The molecule has 96 valence electrons. The largest absolute Gasteiger partial charge is 0.297 e. The lowest BCUT2D eigenvalue weighted by Gasteiger charge is -2.37. The van der Waals surface area contributed by atoms with Crippen molar-refractivity contribution in [3.63, 3.8) is 0 Å². The van der Waals surface area contributed by atoms with Gasteiger partial charge in [0.2, 0.25) is 0 Å². The summed E-state index contributed by atoms with van der Waals surface area (Å²) in [5.41, 5.74) is -0.181. The number of rotatable bonds is 4. The third kappa shape index (κ3) is 3.22. The Hall–Kier alpha value is -0.550. The van der Waals surface area contributed by atoms with Gasteiger partial charge in [0.25, 0.3) is 0 Å². The summed E-state index contributed by atoms with van der Waals surface area (Å²) < 4.78 is 0. The highest BCUT2D eigenvalue weighted by molar-refractivity contribution is 5.10. The fourth-order valence-electron chi connectivity index (χ4n) is 3.62. The van der Waals surface area contributed by atoms with Crippen molar-refractivity contribution in [1.29, 1.82) is 5.26 Å². The van der Waals surface area contributed by atoms with Crippen LogP contribution in [0.4, 0.5) is 0 Å². The predicted octanol–water partition coefficient (Wildman–Crippen LogP) is 3.77. The van der Waals surface area contributed by atoms with Crippen LogP contribution in [0.5, 0.6) is 0 Å². The van der Waals surface area contributed by atoms with Crippen molar-refractivity contribution in [2.24, 2.45) is 5.92 Å². The summed E-state index contributed by atoms with van der Waals surface area (Å²) in [5, 5.41) is 13.2. The van der Waals surface area contributed by atoms with E-state index >= 15 is 0 Å². The normalized spacial score (nSPS) is 34.7. The topological polar surface area (TPSA) is 35.8 Å². The molecule has 0 bridgehead atoms. The summed E-state index contributed by atoms with van der Waals surface area (Å²) in [6.45, 7) is 2.27. The molecule has 0 aliphatic heterocycles. The van der Waals surface area contributed by atoms with Crippen molar-refractivity contribution in [2.75, 3.05) is 0 Å². The molecule has 0 heterocycles. The molecule has 1 N–H and O–H groups in total. The molecule has 17 heavy (non-hydrogen) atoms. The van der Waals surface area contributed by atoms with Crippen LogP contribution in [0.3, 0.4) is 0 Å². The van der Waals surface area contributed by atoms with Crippen LogP contribution in [0.1, 0.15) is 71.1 Å². The van der Waals surface area contributed by atoms with E-state index in [4.69, 9.17) is 0 Å². The van der Waals surface area contributed by atoms with Gasteiger partial charge in [0, 0.05) is 6.04 Å². The van der Waals surface area contributed by atoms with E-state index in [1.54, 1.807) is 0 Å². The van der Waals surface area contributed by atoms with Gasteiger partial charge in [-0.15, -0.1) is 0 Å². The molecule has 0 spiro atoms. The summed E-state index contributed by atoms with van der Waals surface area (Å²) in [4.78, 5) is 0. The molecule has 2 aliphatic rings. The minimum Gasteiger partial charge on any atom is -0.297 e. The van der Waals surface area contributed by atoms with Crippen LogP contribution in [0.25, 0.3) is 0 Å². The van der Waals surface area contributed by atoms with E-state index in [-0.39, 0.29) is 5.54 Å². The molecule has 2 nitrogen and oxygen atoms in total. The van der Waals surface area contributed by atoms with Gasteiger partial charge in [0.1, 0.15) is 5.54 Å². The standard InChI is InChI=1S/C15H26N2/c1-2-5-13-8-10-15(12-16,11-9-13)17-14-6-3-4-7-14/h13-14,17H,2-11H2,1H3. The zero-order valence-electron chi connectivity index (χ0n) is 11.2. The molecule has 0 aromatic carbocycles. The lowest BCUT2D eigenvalue weighted by molar-refractivity contribution is 0.212. The summed E-state index contributed by atoms with van der Waals surface area (Å²) in [7, 11) is 0. The Balaban J connectivity index is 1.86. The van der Waals surface area contributed by atoms with Crippen molar-refractivity contribution >= 4 is 0 Å². The Labute approximate surface area is 106 Å². The first-order chi connectivity index (χ1) is 8.28. The predicted molar refractivity (Wildman–Crippen MR) is 70.6 cm³/mol. The van der Waals surface area contributed by atoms with Gasteiger partial charge in [-0.3, -0.25) is 5.32 Å². The van der Waals surface area contributed by atoms with Crippen molar-refractivity contribution in [1.82, 2.24) is 5.32 Å². The molecule has 0 atom stereocenters. The Kier molecular flexibility index (Phi) is 4.45. The highest BCUT2D eigenvalue weighted by Crippen LogP contribution is 2.35. The molecule has 0 saturated heterocycles. The first-order valence-corrected chi connectivity index (χ1v) is 7.47. The molecule has 0 amide bonds. The van der Waals surface area contributed by atoms with Gasteiger partial charge < -0.3 is 0 Å². The quantitative estimate of drug-likeness (QED) is 0.803. The maximum Gasteiger partial charge on any atom is 0.107 e. The molecule has 0 unspecified atom stereocenters. The van der Waals surface area contributed by atoms with Crippen molar-refractivity contribution < 1.29 is 0 Å². The van der Waals surface area contributed by atoms with E-state index in [1.165, 1.54) is 51.4 Å². The SMILES string of the molecule is CCCC1CCC(C#N)(NC2CCCC2)CC1. The van der Waals surface area contributed by atoms with Gasteiger partial charge >= 0.3 is 0 Å². The molecule has 0 radical (unpaired) electrons. The Morgan fingerprint density at radius 1 is 1.18 bits per heavy atom. The fourth-order valence-corrected chi connectivity index (χ4v) is 3.62. The van der Waals surface area contributed by atoms with Gasteiger partial charge in [-0.2, -0.15) is 5.26 Å². The summed E-state index contributed by atoms with van der Waals surface area (Å²) in [6.07, 6.45) is 12.5. The number of hydrogen-bond donors (Lipinski definition) is 1. The second-order valence-corrected chi connectivity index (χ2v) is 6.05. The van der Waals surface area contributed by atoms with E-state index in [0.717, 1.165) is 18.8 Å². The highest BCUT2D eigenvalue weighted by Gasteiger charge is 2.37. The Morgan fingerprint density at radius 2 is 1.82 bits per heavy atom. The van der Waals surface area contributed by atoms with Crippen LogP contribution >= 0.6 is 0 Å². The van der Waals surface area contributed by atoms with Gasteiger partial charge in [-0.1, -0.05) is 32.6 Å². The summed E-state index contributed by atoms with van der Waals surface area (Å²) in [5.74, 6) is 0.881. The molecular weight excluding hydrogens is 208 g/mol. The molecule has 2 rings (SSSR count). The van der Waals surface area contributed by atoms with E-state index in [9.17, 15) is 5.26 Å². The average molecular weight is 234 g/mol. The zero-order valence-corrected chi connectivity index (χ0v) is 11.2. The highest BCUT2D eigenvalue weighted by atomic mass is 15.0. The first kappa shape index (κ1) is 12.9. The van der Waals surface area contributed by atoms with Crippen molar-refractivity contribution in [3.05, 3.63) is 0 Å². The molecule has 0 aromatic rings. The van der Waals surface area contributed by atoms with Crippen LogP contribution in [0.15, 0.2) is 0 Å². The minimum absolute atomic E-state index is 0.181. The lowest BCUT2D eigenvalue weighted by Crippen LogP contribution is -2.50. The molecule has 0 aromatic heterocycles. The smallest absolute Gasteiger partial charge is 0.107 e. The Bertz CT molecular complexity index is 265. The van der Waals surface area contributed by atoms with E-state index in [1.807, 2.05) is 0 Å². The third-order valence-electron chi connectivity index (χ3n) is 4.71. The number of hydrogen-bond acceptors (Lipinski definition) is 2. The monoisotopic (exact) mass is 234 g/mol. The summed E-state index contributed by atoms with van der Waals surface area (Å²) >= 11 is 0. The zero-order chi connectivity index (χ0) is 12.1. The summed E-state index contributed by atoms with van der Waals surface area (Å²) in [6, 6.07) is 3.22. The van der Waals surface area contributed by atoms with E-state index < -0.39 is 0 Å². The average Bonchev–Trinajstić information content (AvgIpc) is 2.85. The molecule has 2 saturated carbocycles. The van der Waals surface area contributed by atoms with Gasteiger partial charge in [-0.25, -0.2) is 0 Å². The maximum atomic E-state index is 9.51. The molecular formula is C15H26N2. The van der Waals surface area contributed by atoms with Crippen molar-refractivity contribution in [2.45, 2.75) is 82.7 Å².